The summed E-state index contributed by atoms with van der Waals surface area (Å²) in [4.78, 5) is 10.4. The van der Waals surface area contributed by atoms with Gasteiger partial charge in [0.25, 0.3) is 0 Å². The molecule has 0 aliphatic carbocycles. The van der Waals surface area contributed by atoms with Gasteiger partial charge in [-0.3, -0.25) is 0 Å². The molecule has 6 rings (SSSR count). The number of hydrogen-bond donors (Lipinski definition) is 0. The third-order valence-corrected chi connectivity index (χ3v) is 8.34. The first-order chi connectivity index (χ1) is 15.9. The van der Waals surface area contributed by atoms with Crippen LogP contribution in [0.15, 0.2) is 117 Å². The zero-order valence-corrected chi connectivity index (χ0v) is 19.4. The first-order valence-corrected chi connectivity index (χ1v) is 12.8. The highest BCUT2D eigenvalue weighted by Gasteiger charge is 2.24. The van der Waals surface area contributed by atoms with E-state index in [0.717, 1.165) is 25.9 Å². The van der Waals surface area contributed by atoms with E-state index in [2.05, 4.69) is 107 Å². The van der Waals surface area contributed by atoms with Crippen molar-refractivity contribution in [2.45, 2.75) is 32.4 Å². The summed E-state index contributed by atoms with van der Waals surface area (Å²) in [7, 11) is 0. The predicted octanol–water partition coefficient (Wildman–Crippen LogP) is 8.37. The van der Waals surface area contributed by atoms with Gasteiger partial charge >= 0.3 is 0 Å². The first-order valence-electron chi connectivity index (χ1n) is 11.2. The van der Waals surface area contributed by atoms with Gasteiger partial charge in [0.1, 0.15) is 0 Å². The lowest BCUT2D eigenvalue weighted by Crippen LogP contribution is -2.25. The largest absolute Gasteiger partial charge is 0.340 e. The summed E-state index contributed by atoms with van der Waals surface area (Å²) in [6.45, 7) is 2.06. The zero-order valence-electron chi connectivity index (χ0n) is 17.8. The van der Waals surface area contributed by atoms with Gasteiger partial charge in [0.2, 0.25) is 0 Å². The molecule has 4 aromatic rings. The average Bonchev–Trinajstić information content (AvgIpc) is 2.85. The van der Waals surface area contributed by atoms with Gasteiger partial charge in [-0.1, -0.05) is 72.1 Å². The minimum atomic E-state index is 1.03. The Labute approximate surface area is 198 Å². The summed E-state index contributed by atoms with van der Waals surface area (Å²) in [5.74, 6) is 0. The van der Waals surface area contributed by atoms with Gasteiger partial charge < -0.3 is 9.80 Å². The molecule has 2 heterocycles. The number of anilines is 4. The number of benzene rings is 4. The van der Waals surface area contributed by atoms with Crippen molar-refractivity contribution in [3.63, 3.8) is 0 Å². The molecule has 0 unspecified atom stereocenters. The molecule has 0 atom stereocenters. The Morgan fingerprint density at radius 2 is 0.688 bits per heavy atom. The molecule has 0 fully saturated rings. The van der Waals surface area contributed by atoms with E-state index in [9.17, 15) is 0 Å². The summed E-state index contributed by atoms with van der Waals surface area (Å²) in [6.07, 6.45) is 2.28. The fourth-order valence-corrected chi connectivity index (χ4v) is 6.78. The minimum Gasteiger partial charge on any atom is -0.340 e. The van der Waals surface area contributed by atoms with Crippen molar-refractivity contribution in [1.29, 1.82) is 0 Å². The monoisotopic (exact) mass is 452 g/mol. The maximum absolute atomic E-state index is 2.51. The molecule has 0 spiro atoms. The Kier molecular flexibility index (Phi) is 5.34. The molecule has 0 amide bonds. The van der Waals surface area contributed by atoms with Crippen LogP contribution in [0, 0.1) is 0 Å². The number of unbranched alkanes of at least 4 members (excludes halogenated alkanes) is 1. The summed E-state index contributed by atoms with van der Waals surface area (Å²) in [5.41, 5.74) is 5.34. The second-order valence-electron chi connectivity index (χ2n) is 8.09. The molecular formula is C28H24N2S2. The molecule has 0 radical (unpaired) electrons. The van der Waals surface area contributed by atoms with E-state index in [1.807, 2.05) is 23.5 Å². The normalized spacial score (nSPS) is 13.8. The van der Waals surface area contributed by atoms with Crippen LogP contribution in [0.5, 0.6) is 0 Å². The van der Waals surface area contributed by atoms with Crippen LogP contribution in [0.1, 0.15) is 12.8 Å². The van der Waals surface area contributed by atoms with Gasteiger partial charge in [-0.25, -0.2) is 0 Å². The van der Waals surface area contributed by atoms with Gasteiger partial charge in [0, 0.05) is 32.7 Å². The molecule has 2 aliphatic rings. The van der Waals surface area contributed by atoms with Gasteiger partial charge in [-0.2, -0.15) is 0 Å². The van der Waals surface area contributed by atoms with Crippen molar-refractivity contribution in [2.24, 2.45) is 0 Å². The molecule has 4 heteroatoms. The number of rotatable bonds is 5. The molecule has 0 bridgehead atoms. The molecule has 4 aromatic carbocycles. The Hall–Kier alpha value is -2.82. The van der Waals surface area contributed by atoms with E-state index in [0.29, 0.717) is 0 Å². The van der Waals surface area contributed by atoms with Crippen LogP contribution in [0.25, 0.3) is 0 Å². The van der Waals surface area contributed by atoms with E-state index in [1.165, 1.54) is 42.3 Å². The van der Waals surface area contributed by atoms with Crippen LogP contribution in [0.2, 0.25) is 0 Å². The summed E-state index contributed by atoms with van der Waals surface area (Å²) in [5, 5.41) is 0. The predicted molar refractivity (Wildman–Crippen MR) is 137 cm³/mol. The fraction of sp³-hybridized carbons (Fsp3) is 0.143. The zero-order chi connectivity index (χ0) is 21.3. The summed E-state index contributed by atoms with van der Waals surface area (Å²) >= 11 is 3.76. The summed E-state index contributed by atoms with van der Waals surface area (Å²) < 4.78 is 0. The Bertz CT molecular complexity index is 1080. The van der Waals surface area contributed by atoms with Gasteiger partial charge in [0.05, 0.1) is 22.7 Å². The highest BCUT2D eigenvalue weighted by Crippen LogP contribution is 2.49. The van der Waals surface area contributed by atoms with E-state index in [1.54, 1.807) is 0 Å². The second kappa shape index (κ2) is 8.61. The number of fused-ring (bicyclic) bond motifs is 4. The SMILES string of the molecule is c1ccc2c(c1)Sc1ccccc1N2CCCCN1c2ccccc2Sc2ccccc21. The molecule has 0 N–H and O–H groups in total. The van der Waals surface area contributed by atoms with Crippen LogP contribution >= 0.6 is 23.5 Å². The lowest BCUT2D eigenvalue weighted by molar-refractivity contribution is 0.720. The van der Waals surface area contributed by atoms with Gasteiger partial charge in [-0.05, 0) is 61.4 Å². The molecule has 32 heavy (non-hydrogen) atoms. The minimum absolute atomic E-state index is 1.03. The number of para-hydroxylation sites is 4. The van der Waals surface area contributed by atoms with Crippen LogP contribution < -0.4 is 9.80 Å². The van der Waals surface area contributed by atoms with Crippen LogP contribution in [-0.4, -0.2) is 13.1 Å². The van der Waals surface area contributed by atoms with Crippen molar-refractivity contribution in [1.82, 2.24) is 0 Å². The number of hydrogen-bond acceptors (Lipinski definition) is 4. The van der Waals surface area contributed by atoms with E-state index >= 15 is 0 Å². The van der Waals surface area contributed by atoms with E-state index in [4.69, 9.17) is 0 Å². The average molecular weight is 453 g/mol. The maximum Gasteiger partial charge on any atom is 0.0552 e. The standard InChI is InChI=1S/C28H24N2S2/c1-5-15-25-21(11-1)29(22-12-2-6-16-26(22)31-25)19-9-10-20-30-23-13-3-7-17-27(23)32-28-18-8-4-14-24(28)30/h1-8,11-18H,9-10,19-20H2. The quantitative estimate of drug-likeness (QED) is 0.280. The first kappa shape index (κ1) is 19.8. The second-order valence-corrected chi connectivity index (χ2v) is 10.3. The fourth-order valence-electron chi connectivity index (χ4n) is 4.58. The Morgan fingerprint density at radius 3 is 1.00 bits per heavy atom. The Balaban J connectivity index is 1.21. The third-order valence-electron chi connectivity index (χ3n) is 6.08. The van der Waals surface area contributed by atoms with Crippen LogP contribution in [0.3, 0.4) is 0 Å². The van der Waals surface area contributed by atoms with Crippen molar-refractivity contribution >= 4 is 46.3 Å². The number of nitrogens with zero attached hydrogens (tertiary/aromatic N) is 2. The third kappa shape index (κ3) is 3.58. The molecule has 158 valence electrons. The topological polar surface area (TPSA) is 6.48 Å². The lowest BCUT2D eigenvalue weighted by Gasteiger charge is -2.34. The molecule has 2 aliphatic heterocycles. The smallest absolute Gasteiger partial charge is 0.0552 e. The van der Waals surface area contributed by atoms with E-state index < -0.39 is 0 Å². The van der Waals surface area contributed by atoms with Crippen molar-refractivity contribution in [3.8, 4) is 0 Å². The Morgan fingerprint density at radius 1 is 0.406 bits per heavy atom. The molecule has 2 nitrogen and oxygen atoms in total. The molecular weight excluding hydrogens is 428 g/mol. The summed E-state index contributed by atoms with van der Waals surface area (Å²) in [6, 6.07) is 35.1. The van der Waals surface area contributed by atoms with Crippen LogP contribution in [0.4, 0.5) is 22.7 Å². The van der Waals surface area contributed by atoms with Crippen LogP contribution in [-0.2, 0) is 0 Å². The molecule has 0 saturated heterocycles. The van der Waals surface area contributed by atoms with Crippen molar-refractivity contribution in [3.05, 3.63) is 97.1 Å². The highest BCUT2D eigenvalue weighted by molar-refractivity contribution is 8.00. The van der Waals surface area contributed by atoms with Gasteiger partial charge in [-0.15, -0.1) is 0 Å². The van der Waals surface area contributed by atoms with Crippen molar-refractivity contribution < 1.29 is 0 Å². The molecule has 0 aromatic heterocycles. The lowest BCUT2D eigenvalue weighted by atomic mass is 10.1. The molecule has 0 saturated carbocycles. The van der Waals surface area contributed by atoms with Crippen molar-refractivity contribution in [2.75, 3.05) is 22.9 Å². The van der Waals surface area contributed by atoms with Gasteiger partial charge in [0.15, 0.2) is 0 Å². The maximum atomic E-state index is 2.51. The highest BCUT2D eigenvalue weighted by atomic mass is 32.2. The van der Waals surface area contributed by atoms with E-state index in [-0.39, 0.29) is 0 Å².